The van der Waals surface area contributed by atoms with Gasteiger partial charge in [0, 0.05) is 18.2 Å². The number of halogens is 2. The molecular formula is C19H17BrClN3O5. The first-order valence-electron chi connectivity index (χ1n) is 8.45. The first-order valence-corrected chi connectivity index (χ1v) is 9.68. The van der Waals surface area contributed by atoms with Gasteiger partial charge < -0.3 is 15.2 Å². The van der Waals surface area contributed by atoms with Gasteiger partial charge in [0.25, 0.3) is 11.8 Å². The number of methoxy groups -OCH3 is 1. The van der Waals surface area contributed by atoms with Gasteiger partial charge in [-0.1, -0.05) is 0 Å². The Kier molecular flexibility index (Phi) is 5.99. The molecule has 0 unspecified atom stereocenters. The summed E-state index contributed by atoms with van der Waals surface area (Å²) in [7, 11) is 1.40. The fourth-order valence-electron chi connectivity index (χ4n) is 2.90. The van der Waals surface area contributed by atoms with Gasteiger partial charge in [-0.25, -0.2) is 5.01 Å². The molecule has 1 saturated heterocycles. The smallest absolute Gasteiger partial charge is 0.269 e. The molecule has 0 bridgehead atoms. The number of aromatic hydroxyl groups is 1. The highest BCUT2D eigenvalue weighted by Gasteiger charge is 2.48. The highest BCUT2D eigenvalue weighted by atomic mass is 79.9. The van der Waals surface area contributed by atoms with Gasteiger partial charge in [-0.15, -0.1) is 11.6 Å². The Morgan fingerprint density at radius 2 is 1.90 bits per heavy atom. The molecule has 152 valence electrons. The Morgan fingerprint density at radius 3 is 2.48 bits per heavy atom. The molecule has 2 aromatic rings. The van der Waals surface area contributed by atoms with Crippen LogP contribution in [0.25, 0.3) is 0 Å². The zero-order valence-electron chi connectivity index (χ0n) is 15.4. The van der Waals surface area contributed by atoms with Gasteiger partial charge in [-0.05, 0) is 57.9 Å². The molecule has 0 aromatic heterocycles. The van der Waals surface area contributed by atoms with Crippen LogP contribution in [0.2, 0.25) is 0 Å². The van der Waals surface area contributed by atoms with Crippen molar-refractivity contribution in [3.05, 3.63) is 52.0 Å². The van der Waals surface area contributed by atoms with Gasteiger partial charge in [-0.2, -0.15) is 0 Å². The van der Waals surface area contributed by atoms with Gasteiger partial charge in [0.05, 0.1) is 11.6 Å². The quantitative estimate of drug-likeness (QED) is 0.449. The summed E-state index contributed by atoms with van der Waals surface area (Å²) in [6.45, 7) is 1.38. The number of rotatable bonds is 5. The number of anilines is 1. The van der Waals surface area contributed by atoms with E-state index in [9.17, 15) is 19.5 Å². The Hall–Kier alpha value is -2.78. The summed E-state index contributed by atoms with van der Waals surface area (Å²) in [5.74, 6) is -1.06. The Morgan fingerprint density at radius 1 is 1.24 bits per heavy atom. The normalized spacial score (nSPS) is 18.1. The van der Waals surface area contributed by atoms with E-state index in [4.69, 9.17) is 16.3 Å². The van der Waals surface area contributed by atoms with E-state index in [0.29, 0.717) is 21.3 Å². The molecule has 0 aliphatic carbocycles. The van der Waals surface area contributed by atoms with E-state index in [-0.39, 0.29) is 17.4 Å². The molecule has 3 amide bonds. The molecule has 2 aromatic carbocycles. The van der Waals surface area contributed by atoms with Crippen LogP contribution < -0.4 is 15.5 Å². The molecule has 1 heterocycles. The zero-order valence-corrected chi connectivity index (χ0v) is 17.7. The lowest BCUT2D eigenvalue weighted by molar-refractivity contribution is -0.149. The number of carbonyl (C=O) groups is 3. The largest absolute Gasteiger partial charge is 0.503 e. The van der Waals surface area contributed by atoms with Crippen LogP contribution in [0.4, 0.5) is 5.69 Å². The number of hydrogen-bond donors (Lipinski definition) is 3. The van der Waals surface area contributed by atoms with Crippen molar-refractivity contribution in [2.24, 2.45) is 0 Å². The summed E-state index contributed by atoms with van der Waals surface area (Å²) in [6, 6.07) is 8.73. The van der Waals surface area contributed by atoms with Crippen LogP contribution in [0.3, 0.4) is 0 Å². The summed E-state index contributed by atoms with van der Waals surface area (Å²) in [6.07, 6.45) is 0. The highest BCUT2D eigenvalue weighted by Crippen LogP contribution is 2.43. The molecule has 0 radical (unpaired) electrons. The number of hydrazine groups is 1. The average molecular weight is 483 g/mol. The van der Waals surface area contributed by atoms with Crippen LogP contribution in [-0.2, 0) is 9.59 Å². The maximum absolute atomic E-state index is 12.5. The number of benzene rings is 2. The van der Waals surface area contributed by atoms with E-state index >= 15 is 0 Å². The standard InChI is InChI=1S/C19H17BrClN3O5/c1-9(25)22-12-5-3-10(4-6-12)18(27)23-24-16(15(21)19(24)28)11-7-13(20)17(26)14(8-11)29-2/h3-8,15-16,26H,1-2H3,(H,22,25)(H,23,27)/t15-,16+/m0/s1. The van der Waals surface area contributed by atoms with Crippen molar-refractivity contribution in [2.45, 2.75) is 18.3 Å². The second-order valence-electron chi connectivity index (χ2n) is 6.31. The number of alkyl halides is 1. The number of ether oxygens (including phenoxy) is 1. The van der Waals surface area contributed by atoms with E-state index in [1.807, 2.05) is 0 Å². The Balaban J connectivity index is 1.79. The predicted octanol–water partition coefficient (Wildman–Crippen LogP) is 2.96. The van der Waals surface area contributed by atoms with Crippen molar-refractivity contribution in [2.75, 3.05) is 12.4 Å². The predicted molar refractivity (Wildman–Crippen MR) is 110 cm³/mol. The maximum Gasteiger partial charge on any atom is 0.269 e. The number of amides is 3. The number of nitrogens with zero attached hydrogens (tertiary/aromatic N) is 1. The minimum absolute atomic E-state index is 0.0807. The second-order valence-corrected chi connectivity index (χ2v) is 7.63. The van der Waals surface area contributed by atoms with Crippen LogP contribution in [0.5, 0.6) is 11.5 Å². The van der Waals surface area contributed by atoms with Crippen molar-refractivity contribution in [1.82, 2.24) is 10.4 Å². The number of carbonyl (C=O) groups excluding carboxylic acids is 3. The highest BCUT2D eigenvalue weighted by molar-refractivity contribution is 9.10. The monoisotopic (exact) mass is 481 g/mol. The van der Waals surface area contributed by atoms with Gasteiger partial charge >= 0.3 is 0 Å². The first-order chi connectivity index (χ1) is 13.7. The van der Waals surface area contributed by atoms with Crippen LogP contribution in [0.15, 0.2) is 40.9 Å². The summed E-state index contributed by atoms with van der Waals surface area (Å²) in [5.41, 5.74) is 3.97. The molecule has 1 fully saturated rings. The maximum atomic E-state index is 12.5. The molecule has 0 saturated carbocycles. The van der Waals surface area contributed by atoms with Crippen LogP contribution in [0, 0.1) is 0 Å². The zero-order chi connectivity index (χ0) is 21.3. The minimum atomic E-state index is -0.876. The number of hydrogen-bond acceptors (Lipinski definition) is 5. The van der Waals surface area contributed by atoms with Crippen LogP contribution in [0.1, 0.15) is 28.9 Å². The van der Waals surface area contributed by atoms with Gasteiger partial charge in [0.15, 0.2) is 11.5 Å². The fraction of sp³-hybridized carbons (Fsp3) is 0.211. The summed E-state index contributed by atoms with van der Waals surface area (Å²) >= 11 is 9.41. The van der Waals surface area contributed by atoms with Crippen molar-refractivity contribution in [3.8, 4) is 11.5 Å². The average Bonchev–Trinajstić information content (AvgIpc) is 2.69. The van der Waals surface area contributed by atoms with Crippen LogP contribution in [-0.4, -0.2) is 40.3 Å². The lowest BCUT2D eigenvalue weighted by Gasteiger charge is -2.44. The minimum Gasteiger partial charge on any atom is -0.503 e. The molecule has 8 nitrogen and oxygen atoms in total. The topological polar surface area (TPSA) is 108 Å². The summed E-state index contributed by atoms with van der Waals surface area (Å²) in [5, 5.41) is 12.8. The molecule has 29 heavy (non-hydrogen) atoms. The fourth-order valence-corrected chi connectivity index (χ4v) is 3.72. The third kappa shape index (κ3) is 4.15. The SMILES string of the molecule is COc1cc([C@@H]2[C@H](Cl)C(=O)N2NC(=O)c2ccc(NC(C)=O)cc2)cc(Br)c1O. The molecule has 1 aliphatic heterocycles. The molecule has 2 atom stereocenters. The molecule has 0 spiro atoms. The van der Waals surface area contributed by atoms with E-state index in [2.05, 4.69) is 26.7 Å². The number of nitrogens with one attached hydrogen (secondary N) is 2. The van der Waals surface area contributed by atoms with E-state index in [1.54, 1.807) is 24.3 Å². The van der Waals surface area contributed by atoms with E-state index in [0.717, 1.165) is 5.01 Å². The summed E-state index contributed by atoms with van der Waals surface area (Å²) < 4.78 is 5.50. The molecule has 3 rings (SSSR count). The first kappa shape index (κ1) is 20.9. The molecule has 10 heteroatoms. The van der Waals surface area contributed by atoms with Gasteiger partial charge in [0.2, 0.25) is 5.91 Å². The number of β-lactam (4-membered cyclic amide) rings is 1. The molecular weight excluding hydrogens is 466 g/mol. The lowest BCUT2D eigenvalue weighted by atomic mass is 9.95. The summed E-state index contributed by atoms with van der Waals surface area (Å²) in [4.78, 5) is 35.9. The number of phenolic OH excluding ortho intramolecular Hbond substituents is 1. The van der Waals surface area contributed by atoms with Gasteiger partial charge in [0.1, 0.15) is 11.4 Å². The third-order valence-electron chi connectivity index (χ3n) is 4.33. The van der Waals surface area contributed by atoms with Crippen molar-refractivity contribution in [3.63, 3.8) is 0 Å². The van der Waals surface area contributed by atoms with E-state index in [1.165, 1.54) is 26.2 Å². The third-order valence-corrected chi connectivity index (χ3v) is 5.36. The van der Waals surface area contributed by atoms with Crippen molar-refractivity contribution < 1.29 is 24.2 Å². The van der Waals surface area contributed by atoms with Gasteiger partial charge in [-0.3, -0.25) is 19.8 Å². The van der Waals surface area contributed by atoms with E-state index < -0.39 is 23.2 Å². The lowest BCUT2D eigenvalue weighted by Crippen LogP contribution is -2.63. The second kappa shape index (κ2) is 8.30. The van der Waals surface area contributed by atoms with Crippen molar-refractivity contribution >= 4 is 50.9 Å². The molecule has 1 aliphatic rings. The van der Waals surface area contributed by atoms with Crippen LogP contribution >= 0.6 is 27.5 Å². The van der Waals surface area contributed by atoms with Crippen molar-refractivity contribution in [1.29, 1.82) is 0 Å². The Bertz CT molecular complexity index is 983. The molecule has 3 N–H and O–H groups in total. The Labute approximate surface area is 179 Å². The number of phenols is 1.